The number of amides is 1. The average molecular weight is 290 g/mol. The summed E-state index contributed by atoms with van der Waals surface area (Å²) in [7, 11) is 0. The Morgan fingerprint density at radius 3 is 2.90 bits per heavy atom. The fourth-order valence-corrected chi connectivity index (χ4v) is 2.75. The summed E-state index contributed by atoms with van der Waals surface area (Å²) < 4.78 is 4.80. The van der Waals surface area contributed by atoms with E-state index in [1.807, 2.05) is 24.4 Å². The van der Waals surface area contributed by atoms with Gasteiger partial charge in [0.25, 0.3) is 0 Å². The van der Waals surface area contributed by atoms with Gasteiger partial charge in [-0.15, -0.1) is 11.3 Å². The first-order valence-corrected chi connectivity index (χ1v) is 7.47. The molecule has 0 spiro atoms. The number of hydrogen-bond acceptors (Lipinski definition) is 4. The molecule has 0 aliphatic carbocycles. The molecule has 0 unspecified atom stereocenters. The van der Waals surface area contributed by atoms with Gasteiger partial charge in [-0.1, -0.05) is 30.3 Å². The minimum atomic E-state index is -0.367. The maximum Gasteiger partial charge on any atom is 0.407 e. The van der Waals surface area contributed by atoms with E-state index < -0.39 is 0 Å². The standard InChI is InChI=1S/C15H18N2O2S/c1-2-19-15(18)16-9-8-14-17-11-13(20-14)10-12-6-4-3-5-7-12/h3-7,11H,2,8-10H2,1H3,(H,16,18). The third-order valence-electron chi connectivity index (χ3n) is 2.71. The number of benzene rings is 1. The lowest BCUT2D eigenvalue weighted by Gasteiger charge is -2.02. The maximum absolute atomic E-state index is 11.1. The largest absolute Gasteiger partial charge is 0.450 e. The van der Waals surface area contributed by atoms with E-state index >= 15 is 0 Å². The van der Waals surface area contributed by atoms with Gasteiger partial charge in [0.05, 0.1) is 11.6 Å². The number of thiazole rings is 1. The molecule has 20 heavy (non-hydrogen) atoms. The van der Waals surface area contributed by atoms with Crippen LogP contribution in [-0.4, -0.2) is 24.2 Å². The summed E-state index contributed by atoms with van der Waals surface area (Å²) in [6.45, 7) is 2.73. The SMILES string of the molecule is CCOC(=O)NCCc1ncc(Cc2ccccc2)s1. The van der Waals surface area contributed by atoms with Crippen LogP contribution >= 0.6 is 11.3 Å². The Hall–Kier alpha value is -1.88. The number of carbonyl (C=O) groups is 1. The van der Waals surface area contributed by atoms with E-state index in [4.69, 9.17) is 4.74 Å². The molecule has 0 bridgehead atoms. The van der Waals surface area contributed by atoms with Gasteiger partial charge in [-0.3, -0.25) is 0 Å². The van der Waals surface area contributed by atoms with Crippen molar-refractivity contribution in [1.29, 1.82) is 0 Å². The minimum Gasteiger partial charge on any atom is -0.450 e. The molecule has 0 atom stereocenters. The van der Waals surface area contributed by atoms with E-state index in [0.717, 1.165) is 17.8 Å². The van der Waals surface area contributed by atoms with Crippen LogP contribution in [0, 0.1) is 0 Å². The first kappa shape index (κ1) is 14.5. The second-order valence-electron chi connectivity index (χ2n) is 4.28. The Morgan fingerprint density at radius 1 is 1.35 bits per heavy atom. The molecule has 2 aromatic rings. The Labute approximate surface area is 122 Å². The summed E-state index contributed by atoms with van der Waals surface area (Å²) >= 11 is 1.69. The molecule has 1 amide bonds. The van der Waals surface area contributed by atoms with Crippen molar-refractivity contribution in [2.24, 2.45) is 0 Å². The Kier molecular flexibility index (Phi) is 5.55. The molecule has 0 fully saturated rings. The molecule has 0 aliphatic heterocycles. The number of hydrogen-bond donors (Lipinski definition) is 1. The molecule has 1 heterocycles. The molecule has 5 heteroatoms. The summed E-state index contributed by atoms with van der Waals surface area (Å²) in [6, 6.07) is 10.3. The fraction of sp³-hybridized carbons (Fsp3) is 0.333. The predicted molar refractivity (Wildman–Crippen MR) is 80.1 cm³/mol. The van der Waals surface area contributed by atoms with E-state index in [1.165, 1.54) is 10.4 Å². The maximum atomic E-state index is 11.1. The molecule has 1 aromatic carbocycles. The zero-order chi connectivity index (χ0) is 14.2. The van der Waals surface area contributed by atoms with Gasteiger partial charge in [-0.05, 0) is 12.5 Å². The molecule has 0 radical (unpaired) electrons. The Bertz CT molecular complexity index is 540. The van der Waals surface area contributed by atoms with Crippen molar-refractivity contribution in [2.45, 2.75) is 19.8 Å². The van der Waals surface area contributed by atoms with E-state index in [0.29, 0.717) is 13.2 Å². The normalized spacial score (nSPS) is 10.2. The van der Waals surface area contributed by atoms with Crippen LogP contribution in [0.4, 0.5) is 4.79 Å². The second kappa shape index (κ2) is 7.65. The van der Waals surface area contributed by atoms with Crippen LogP contribution in [0.2, 0.25) is 0 Å². The third kappa shape index (κ3) is 4.66. The van der Waals surface area contributed by atoms with Gasteiger partial charge in [0, 0.05) is 30.5 Å². The highest BCUT2D eigenvalue weighted by Gasteiger charge is 2.04. The molecule has 1 N–H and O–H groups in total. The minimum absolute atomic E-state index is 0.367. The molecule has 0 saturated carbocycles. The molecular weight excluding hydrogens is 272 g/mol. The van der Waals surface area contributed by atoms with E-state index in [1.54, 1.807) is 18.3 Å². The zero-order valence-corrected chi connectivity index (χ0v) is 12.3. The van der Waals surface area contributed by atoms with Crippen molar-refractivity contribution in [2.75, 3.05) is 13.2 Å². The number of nitrogens with one attached hydrogen (secondary N) is 1. The van der Waals surface area contributed by atoms with Crippen LogP contribution in [0.3, 0.4) is 0 Å². The number of ether oxygens (including phenoxy) is 1. The summed E-state index contributed by atoms with van der Waals surface area (Å²) in [5, 5.41) is 3.73. The van der Waals surface area contributed by atoms with Gasteiger partial charge in [0.15, 0.2) is 0 Å². The monoisotopic (exact) mass is 290 g/mol. The number of carbonyl (C=O) groups excluding carboxylic acids is 1. The van der Waals surface area contributed by atoms with Crippen LogP contribution in [-0.2, 0) is 17.6 Å². The molecule has 0 aliphatic rings. The van der Waals surface area contributed by atoms with Crippen LogP contribution < -0.4 is 5.32 Å². The van der Waals surface area contributed by atoms with Gasteiger partial charge >= 0.3 is 6.09 Å². The third-order valence-corrected chi connectivity index (χ3v) is 3.76. The van der Waals surface area contributed by atoms with E-state index in [-0.39, 0.29) is 6.09 Å². The molecule has 2 rings (SSSR count). The summed E-state index contributed by atoms with van der Waals surface area (Å²) in [4.78, 5) is 16.7. The van der Waals surface area contributed by atoms with Crippen LogP contribution in [0.15, 0.2) is 36.5 Å². The van der Waals surface area contributed by atoms with Crippen molar-refractivity contribution < 1.29 is 9.53 Å². The van der Waals surface area contributed by atoms with Crippen LogP contribution in [0.5, 0.6) is 0 Å². The van der Waals surface area contributed by atoms with Crippen molar-refractivity contribution in [1.82, 2.24) is 10.3 Å². The fourth-order valence-electron chi connectivity index (χ4n) is 1.80. The van der Waals surface area contributed by atoms with Gasteiger partial charge in [0.2, 0.25) is 0 Å². The topological polar surface area (TPSA) is 51.2 Å². The average Bonchev–Trinajstić information content (AvgIpc) is 2.88. The van der Waals surface area contributed by atoms with Crippen molar-refractivity contribution in [3.63, 3.8) is 0 Å². The highest BCUT2D eigenvalue weighted by atomic mass is 32.1. The Balaban J connectivity index is 1.79. The summed E-state index contributed by atoms with van der Waals surface area (Å²) in [5.74, 6) is 0. The molecular formula is C15H18N2O2S. The molecule has 1 aromatic heterocycles. The summed E-state index contributed by atoms with van der Waals surface area (Å²) in [5.41, 5.74) is 1.28. The first-order valence-electron chi connectivity index (χ1n) is 6.66. The highest BCUT2D eigenvalue weighted by Crippen LogP contribution is 2.17. The lowest BCUT2D eigenvalue weighted by Crippen LogP contribution is -2.26. The highest BCUT2D eigenvalue weighted by molar-refractivity contribution is 7.11. The van der Waals surface area contributed by atoms with Gasteiger partial charge in [-0.2, -0.15) is 0 Å². The first-order chi connectivity index (χ1) is 9.78. The smallest absolute Gasteiger partial charge is 0.407 e. The lowest BCUT2D eigenvalue weighted by atomic mass is 10.1. The van der Waals surface area contributed by atoms with Gasteiger partial charge in [-0.25, -0.2) is 9.78 Å². The molecule has 0 saturated heterocycles. The van der Waals surface area contributed by atoms with Crippen molar-refractivity contribution in [3.05, 3.63) is 52.0 Å². The Morgan fingerprint density at radius 2 is 2.15 bits per heavy atom. The van der Waals surface area contributed by atoms with Gasteiger partial charge < -0.3 is 10.1 Å². The van der Waals surface area contributed by atoms with E-state index in [9.17, 15) is 4.79 Å². The van der Waals surface area contributed by atoms with Crippen LogP contribution in [0.25, 0.3) is 0 Å². The van der Waals surface area contributed by atoms with Crippen LogP contribution in [0.1, 0.15) is 22.4 Å². The molecule has 106 valence electrons. The number of alkyl carbamates (subject to hydrolysis) is 1. The van der Waals surface area contributed by atoms with Crippen molar-refractivity contribution >= 4 is 17.4 Å². The van der Waals surface area contributed by atoms with E-state index in [2.05, 4.69) is 22.4 Å². The molecule has 4 nitrogen and oxygen atoms in total. The number of rotatable bonds is 6. The lowest BCUT2D eigenvalue weighted by molar-refractivity contribution is 0.152. The zero-order valence-electron chi connectivity index (χ0n) is 11.5. The quantitative estimate of drug-likeness (QED) is 0.889. The number of aromatic nitrogens is 1. The van der Waals surface area contributed by atoms with Gasteiger partial charge in [0.1, 0.15) is 0 Å². The number of nitrogens with zero attached hydrogens (tertiary/aromatic N) is 1. The van der Waals surface area contributed by atoms with Crippen molar-refractivity contribution in [3.8, 4) is 0 Å². The predicted octanol–water partition coefficient (Wildman–Crippen LogP) is 3.02. The summed E-state index contributed by atoms with van der Waals surface area (Å²) in [6.07, 6.45) is 3.19. The second-order valence-corrected chi connectivity index (χ2v) is 5.48.